The first kappa shape index (κ1) is 20.7. The minimum absolute atomic E-state index is 0.0649. The maximum Gasteiger partial charge on any atom is 0.244 e. The highest BCUT2D eigenvalue weighted by Gasteiger charge is 2.28. The summed E-state index contributed by atoms with van der Waals surface area (Å²) in [6, 6.07) is 12.5. The van der Waals surface area contributed by atoms with E-state index in [2.05, 4.69) is 9.67 Å². The number of imidazole rings is 1. The standard InChI is InChI=1S/C25H24FN5O3/c1-16-6-11-30(28-16)14-24(32)29-9-7-19(8-10-29)31-21-4-3-18(26)13-20(21)27-25(31)17-2-5-22-23(12-17)34-15-33-22/h2-6,11-13,19H,7-10,14-15H2,1H3. The van der Waals surface area contributed by atoms with Crippen LogP contribution in [0.4, 0.5) is 4.39 Å². The van der Waals surface area contributed by atoms with Gasteiger partial charge in [0, 0.05) is 37.0 Å². The monoisotopic (exact) mass is 461 g/mol. The van der Waals surface area contributed by atoms with Crippen LogP contribution in [0.5, 0.6) is 11.5 Å². The maximum atomic E-state index is 14.0. The van der Waals surface area contributed by atoms with Crippen molar-refractivity contribution >= 4 is 16.9 Å². The third-order valence-corrected chi connectivity index (χ3v) is 6.54. The molecule has 0 radical (unpaired) electrons. The minimum Gasteiger partial charge on any atom is -0.454 e. The van der Waals surface area contributed by atoms with Crippen LogP contribution >= 0.6 is 0 Å². The number of amides is 1. The van der Waals surface area contributed by atoms with Crippen molar-refractivity contribution in [2.45, 2.75) is 32.4 Å². The Balaban J connectivity index is 1.28. The molecular formula is C25H24FN5O3. The third kappa shape index (κ3) is 3.67. The molecule has 0 spiro atoms. The number of benzene rings is 2. The topological polar surface area (TPSA) is 74.4 Å². The van der Waals surface area contributed by atoms with Gasteiger partial charge in [-0.1, -0.05) is 0 Å². The van der Waals surface area contributed by atoms with Crippen molar-refractivity contribution in [3.05, 3.63) is 60.2 Å². The molecule has 0 bridgehead atoms. The Morgan fingerprint density at radius 1 is 1.09 bits per heavy atom. The van der Waals surface area contributed by atoms with Gasteiger partial charge in [0.05, 0.1) is 16.7 Å². The lowest BCUT2D eigenvalue weighted by atomic mass is 10.0. The fourth-order valence-corrected chi connectivity index (χ4v) is 4.84. The fraction of sp³-hybridized carbons (Fsp3) is 0.320. The molecule has 1 amide bonds. The van der Waals surface area contributed by atoms with Crippen LogP contribution in [-0.4, -0.2) is 50.0 Å². The van der Waals surface area contributed by atoms with Gasteiger partial charge in [0.25, 0.3) is 0 Å². The molecule has 174 valence electrons. The second-order valence-corrected chi connectivity index (χ2v) is 8.77. The van der Waals surface area contributed by atoms with Crippen molar-refractivity contribution in [3.63, 3.8) is 0 Å². The van der Waals surface area contributed by atoms with Crippen LogP contribution in [-0.2, 0) is 11.3 Å². The van der Waals surface area contributed by atoms with Gasteiger partial charge in [0.15, 0.2) is 11.5 Å². The average molecular weight is 461 g/mol. The van der Waals surface area contributed by atoms with Crippen LogP contribution in [0, 0.1) is 12.7 Å². The summed E-state index contributed by atoms with van der Waals surface area (Å²) in [4.78, 5) is 19.5. The lowest BCUT2D eigenvalue weighted by Gasteiger charge is -2.33. The zero-order valence-corrected chi connectivity index (χ0v) is 18.8. The predicted molar refractivity (Wildman–Crippen MR) is 123 cm³/mol. The van der Waals surface area contributed by atoms with Crippen LogP contribution < -0.4 is 9.47 Å². The number of ether oxygens (including phenoxy) is 2. The highest BCUT2D eigenvalue weighted by Crippen LogP contribution is 2.39. The van der Waals surface area contributed by atoms with E-state index in [0.29, 0.717) is 30.1 Å². The van der Waals surface area contributed by atoms with Crippen molar-refractivity contribution in [1.29, 1.82) is 0 Å². The Morgan fingerprint density at radius 3 is 2.71 bits per heavy atom. The molecule has 4 aromatic rings. The van der Waals surface area contributed by atoms with E-state index in [9.17, 15) is 9.18 Å². The molecule has 0 N–H and O–H groups in total. The number of likely N-dealkylation sites (tertiary alicyclic amines) is 1. The van der Waals surface area contributed by atoms with Crippen LogP contribution in [0.3, 0.4) is 0 Å². The number of fused-ring (bicyclic) bond motifs is 2. The van der Waals surface area contributed by atoms with Gasteiger partial charge in [-0.25, -0.2) is 9.37 Å². The van der Waals surface area contributed by atoms with Gasteiger partial charge >= 0.3 is 0 Å². The summed E-state index contributed by atoms with van der Waals surface area (Å²) < 4.78 is 28.9. The highest BCUT2D eigenvalue weighted by atomic mass is 19.1. The molecular weight excluding hydrogens is 437 g/mol. The Morgan fingerprint density at radius 2 is 1.91 bits per heavy atom. The van der Waals surface area contributed by atoms with E-state index in [4.69, 9.17) is 14.5 Å². The molecule has 0 atom stereocenters. The molecule has 2 aliphatic heterocycles. The summed E-state index contributed by atoms with van der Waals surface area (Å²) in [7, 11) is 0. The molecule has 0 unspecified atom stereocenters. The minimum atomic E-state index is -0.316. The van der Waals surface area contributed by atoms with Gasteiger partial charge in [-0.2, -0.15) is 5.10 Å². The number of hydrogen-bond acceptors (Lipinski definition) is 5. The molecule has 2 aromatic heterocycles. The quantitative estimate of drug-likeness (QED) is 0.460. The molecule has 34 heavy (non-hydrogen) atoms. The van der Waals surface area contributed by atoms with Crippen LogP contribution in [0.15, 0.2) is 48.7 Å². The van der Waals surface area contributed by atoms with Crippen molar-refractivity contribution in [1.82, 2.24) is 24.2 Å². The molecule has 6 rings (SSSR count). The lowest BCUT2D eigenvalue weighted by molar-refractivity contribution is -0.133. The van der Waals surface area contributed by atoms with Gasteiger partial charge < -0.3 is 18.9 Å². The molecule has 8 nitrogen and oxygen atoms in total. The van der Waals surface area contributed by atoms with Crippen molar-refractivity contribution < 1.29 is 18.7 Å². The predicted octanol–water partition coefficient (Wildman–Crippen LogP) is 3.94. The summed E-state index contributed by atoms with van der Waals surface area (Å²) >= 11 is 0. The third-order valence-electron chi connectivity index (χ3n) is 6.54. The maximum absolute atomic E-state index is 14.0. The molecule has 0 saturated carbocycles. The Labute approximate surface area is 195 Å². The first-order valence-electron chi connectivity index (χ1n) is 11.4. The number of hydrogen-bond donors (Lipinski definition) is 0. The molecule has 0 aliphatic carbocycles. The second kappa shape index (κ2) is 8.16. The van der Waals surface area contributed by atoms with Crippen LogP contribution in [0.1, 0.15) is 24.6 Å². The summed E-state index contributed by atoms with van der Waals surface area (Å²) in [5.74, 6) is 1.89. The SMILES string of the molecule is Cc1ccn(CC(=O)N2CCC(n3c(-c4ccc5c(c4)OCO5)nc4cc(F)ccc43)CC2)n1. The number of carbonyl (C=O) groups excluding carboxylic acids is 1. The molecule has 1 saturated heterocycles. The van der Waals surface area contributed by atoms with Crippen LogP contribution in [0.2, 0.25) is 0 Å². The first-order chi connectivity index (χ1) is 16.5. The largest absolute Gasteiger partial charge is 0.454 e. The van der Waals surface area contributed by atoms with Crippen LogP contribution in [0.25, 0.3) is 22.4 Å². The number of halogens is 1. The zero-order chi connectivity index (χ0) is 23.2. The number of nitrogens with zero attached hydrogens (tertiary/aromatic N) is 5. The van der Waals surface area contributed by atoms with E-state index in [1.54, 1.807) is 10.7 Å². The normalized spacial score (nSPS) is 15.9. The van der Waals surface area contributed by atoms with E-state index in [-0.39, 0.29) is 31.1 Å². The zero-order valence-electron chi connectivity index (χ0n) is 18.8. The molecule has 2 aromatic carbocycles. The van der Waals surface area contributed by atoms with Crippen molar-refractivity contribution in [2.24, 2.45) is 0 Å². The van der Waals surface area contributed by atoms with E-state index in [0.717, 1.165) is 35.4 Å². The fourth-order valence-electron chi connectivity index (χ4n) is 4.84. The average Bonchev–Trinajstić information content (AvgIpc) is 3.56. The number of aromatic nitrogens is 4. The first-order valence-corrected chi connectivity index (χ1v) is 11.4. The summed E-state index contributed by atoms with van der Waals surface area (Å²) in [6.45, 7) is 3.64. The molecule has 4 heterocycles. The molecule has 1 fully saturated rings. The van der Waals surface area contributed by atoms with E-state index >= 15 is 0 Å². The number of rotatable bonds is 4. The number of aryl methyl sites for hydroxylation is 1. The Bertz CT molecular complexity index is 1390. The summed E-state index contributed by atoms with van der Waals surface area (Å²) in [6.07, 6.45) is 3.39. The van der Waals surface area contributed by atoms with Gasteiger partial charge in [-0.05, 0) is 56.2 Å². The number of piperidine rings is 1. The lowest BCUT2D eigenvalue weighted by Crippen LogP contribution is -2.40. The molecule has 9 heteroatoms. The second-order valence-electron chi connectivity index (χ2n) is 8.77. The number of carbonyl (C=O) groups is 1. The smallest absolute Gasteiger partial charge is 0.244 e. The van der Waals surface area contributed by atoms with E-state index < -0.39 is 0 Å². The van der Waals surface area contributed by atoms with Gasteiger partial charge in [0.1, 0.15) is 18.2 Å². The molecule has 2 aliphatic rings. The Hall–Kier alpha value is -3.88. The Kier molecular flexibility index (Phi) is 4.97. The van der Waals surface area contributed by atoms with Gasteiger partial charge in [0.2, 0.25) is 12.7 Å². The summed E-state index contributed by atoms with van der Waals surface area (Å²) in [5, 5.41) is 4.32. The highest BCUT2D eigenvalue weighted by molar-refractivity contribution is 5.81. The van der Waals surface area contributed by atoms with Gasteiger partial charge in [-0.15, -0.1) is 0 Å². The van der Waals surface area contributed by atoms with E-state index in [1.165, 1.54) is 12.1 Å². The van der Waals surface area contributed by atoms with E-state index in [1.807, 2.05) is 42.3 Å². The van der Waals surface area contributed by atoms with Crippen molar-refractivity contribution in [2.75, 3.05) is 19.9 Å². The van der Waals surface area contributed by atoms with Gasteiger partial charge in [-0.3, -0.25) is 9.48 Å². The van der Waals surface area contributed by atoms with Crippen molar-refractivity contribution in [3.8, 4) is 22.9 Å². The summed E-state index contributed by atoms with van der Waals surface area (Å²) in [5.41, 5.74) is 3.27.